The largest absolute Gasteiger partial charge is 0.492 e. The first-order chi connectivity index (χ1) is 12.1. The summed E-state index contributed by atoms with van der Waals surface area (Å²) >= 11 is 0. The van der Waals surface area contributed by atoms with E-state index < -0.39 is 5.91 Å². The Morgan fingerprint density at radius 3 is 2.76 bits per heavy atom. The van der Waals surface area contributed by atoms with Crippen molar-refractivity contribution in [2.75, 3.05) is 11.9 Å². The summed E-state index contributed by atoms with van der Waals surface area (Å²) in [6.07, 6.45) is 1.51. The molecule has 0 aliphatic heterocycles. The lowest BCUT2D eigenvalue weighted by atomic mass is 10.3. The van der Waals surface area contributed by atoms with Gasteiger partial charge in [0.2, 0.25) is 0 Å². The molecule has 0 fully saturated rings. The van der Waals surface area contributed by atoms with E-state index in [1.807, 2.05) is 30.3 Å². The molecule has 0 aliphatic rings. The van der Waals surface area contributed by atoms with Crippen molar-refractivity contribution in [1.29, 1.82) is 0 Å². The number of nitrogens with one attached hydrogen (secondary N) is 2. The monoisotopic (exact) mass is 339 g/mol. The van der Waals surface area contributed by atoms with Gasteiger partial charge in [-0.1, -0.05) is 18.2 Å². The highest BCUT2D eigenvalue weighted by atomic mass is 16.5. The van der Waals surface area contributed by atoms with Gasteiger partial charge >= 0.3 is 0 Å². The van der Waals surface area contributed by atoms with Crippen LogP contribution in [-0.4, -0.2) is 32.5 Å². The lowest BCUT2D eigenvalue weighted by molar-refractivity contribution is 0.101. The number of aromatic amines is 1. The minimum absolute atomic E-state index is 0.139. The van der Waals surface area contributed by atoms with Crippen LogP contribution in [0, 0.1) is 6.92 Å². The van der Waals surface area contributed by atoms with Gasteiger partial charge in [0.15, 0.2) is 0 Å². The zero-order valence-corrected chi connectivity index (χ0v) is 13.6. The fourth-order valence-electron chi connectivity index (χ4n) is 2.16. The summed E-state index contributed by atoms with van der Waals surface area (Å²) in [5, 5.41) is 13.4. The smallest absolute Gasteiger partial charge is 0.276 e. The van der Waals surface area contributed by atoms with Crippen LogP contribution in [0.25, 0.3) is 0 Å². The molecule has 8 heteroatoms. The van der Waals surface area contributed by atoms with Gasteiger partial charge in [0.05, 0.1) is 24.1 Å². The average Bonchev–Trinajstić information content (AvgIpc) is 3.02. The van der Waals surface area contributed by atoms with Crippen LogP contribution in [0.1, 0.15) is 16.2 Å². The number of H-pyrrole nitrogens is 1. The van der Waals surface area contributed by atoms with E-state index in [-0.39, 0.29) is 24.4 Å². The first-order valence-electron chi connectivity index (χ1n) is 7.71. The number of carbonyl (C=O) groups excluding carboxylic acids is 1. The number of hydrogen-bond donors (Lipinski definition) is 2. The number of benzene rings is 1. The molecule has 2 N–H and O–H groups in total. The van der Waals surface area contributed by atoms with Crippen LogP contribution in [0.3, 0.4) is 0 Å². The first-order valence-corrected chi connectivity index (χ1v) is 7.71. The van der Waals surface area contributed by atoms with Crippen LogP contribution >= 0.6 is 0 Å². The van der Waals surface area contributed by atoms with Gasteiger partial charge in [-0.2, -0.15) is 10.2 Å². The molecule has 8 nitrogen and oxygen atoms in total. The summed E-state index contributed by atoms with van der Waals surface area (Å²) < 4.78 is 6.76. The van der Waals surface area contributed by atoms with E-state index in [2.05, 4.69) is 20.6 Å². The quantitative estimate of drug-likeness (QED) is 0.710. The number of aryl methyl sites for hydroxylation is 1. The molecular formula is C17H17N5O3. The molecule has 0 saturated heterocycles. The standard InChI is InChI=1S/C17H17N5O3/c1-12-15(11-18-20-12)19-17(24)14-7-8-16(23)22(21-14)9-10-25-13-5-3-2-4-6-13/h2-8,11H,9-10H2,1H3,(H,18,20)(H,19,24). The number of anilines is 1. The molecular weight excluding hydrogens is 322 g/mol. The van der Waals surface area contributed by atoms with Crippen molar-refractivity contribution in [3.63, 3.8) is 0 Å². The highest BCUT2D eigenvalue weighted by Crippen LogP contribution is 2.10. The summed E-state index contributed by atoms with van der Waals surface area (Å²) in [5.74, 6) is 0.294. The lowest BCUT2D eigenvalue weighted by Crippen LogP contribution is -2.28. The Labute approximate surface area is 143 Å². The maximum Gasteiger partial charge on any atom is 0.276 e. The third kappa shape index (κ3) is 4.11. The zero-order chi connectivity index (χ0) is 17.6. The maximum absolute atomic E-state index is 12.3. The maximum atomic E-state index is 12.3. The summed E-state index contributed by atoms with van der Waals surface area (Å²) in [6, 6.07) is 12.0. The minimum Gasteiger partial charge on any atom is -0.492 e. The third-order valence-corrected chi connectivity index (χ3v) is 3.49. The molecule has 2 heterocycles. The van der Waals surface area contributed by atoms with E-state index in [1.165, 1.54) is 23.0 Å². The van der Waals surface area contributed by atoms with Crippen molar-refractivity contribution in [3.05, 3.63) is 70.4 Å². The molecule has 3 aromatic rings. The Balaban J connectivity index is 1.66. The summed E-state index contributed by atoms with van der Waals surface area (Å²) in [6.45, 7) is 2.29. The molecule has 25 heavy (non-hydrogen) atoms. The van der Waals surface area contributed by atoms with Crippen molar-refractivity contribution in [2.24, 2.45) is 0 Å². The Morgan fingerprint density at radius 2 is 2.04 bits per heavy atom. The number of hydrogen-bond acceptors (Lipinski definition) is 5. The molecule has 1 amide bonds. The highest BCUT2D eigenvalue weighted by molar-refractivity contribution is 6.02. The molecule has 0 atom stereocenters. The van der Waals surface area contributed by atoms with Crippen LogP contribution in [0.2, 0.25) is 0 Å². The molecule has 1 aromatic carbocycles. The Kier molecular flexibility index (Phi) is 4.89. The summed E-state index contributed by atoms with van der Waals surface area (Å²) in [7, 11) is 0. The van der Waals surface area contributed by atoms with Gasteiger partial charge in [0.25, 0.3) is 11.5 Å². The molecule has 3 rings (SSSR count). The van der Waals surface area contributed by atoms with Gasteiger partial charge < -0.3 is 10.1 Å². The molecule has 0 bridgehead atoms. The normalized spacial score (nSPS) is 10.4. The second-order valence-corrected chi connectivity index (χ2v) is 5.30. The fraction of sp³-hybridized carbons (Fsp3) is 0.176. The predicted octanol–water partition coefficient (Wildman–Crippen LogP) is 1.61. The summed E-state index contributed by atoms with van der Waals surface area (Å²) in [4.78, 5) is 24.2. The highest BCUT2D eigenvalue weighted by Gasteiger charge is 2.12. The number of ether oxygens (including phenoxy) is 1. The molecule has 0 aliphatic carbocycles. The van der Waals surface area contributed by atoms with Gasteiger partial charge in [0.1, 0.15) is 18.1 Å². The number of rotatable bonds is 6. The van der Waals surface area contributed by atoms with E-state index >= 15 is 0 Å². The van der Waals surface area contributed by atoms with Crippen LogP contribution in [0.4, 0.5) is 5.69 Å². The predicted molar refractivity (Wildman–Crippen MR) is 91.7 cm³/mol. The van der Waals surface area contributed by atoms with Crippen LogP contribution in [0.5, 0.6) is 5.75 Å². The lowest BCUT2D eigenvalue weighted by Gasteiger charge is -2.09. The molecule has 2 aromatic heterocycles. The van der Waals surface area contributed by atoms with E-state index in [1.54, 1.807) is 6.92 Å². The van der Waals surface area contributed by atoms with Crippen LogP contribution in [0.15, 0.2) is 53.5 Å². The second kappa shape index (κ2) is 7.43. The number of aromatic nitrogens is 4. The third-order valence-electron chi connectivity index (χ3n) is 3.49. The van der Waals surface area contributed by atoms with E-state index in [0.29, 0.717) is 11.4 Å². The van der Waals surface area contributed by atoms with Crippen LogP contribution in [-0.2, 0) is 6.54 Å². The summed E-state index contributed by atoms with van der Waals surface area (Å²) in [5.41, 5.74) is 1.14. The van der Waals surface area contributed by atoms with Gasteiger partial charge in [-0.15, -0.1) is 0 Å². The molecule has 128 valence electrons. The number of para-hydroxylation sites is 1. The van der Waals surface area contributed by atoms with Crippen molar-refractivity contribution in [1.82, 2.24) is 20.0 Å². The van der Waals surface area contributed by atoms with Gasteiger partial charge in [0, 0.05) is 6.07 Å². The molecule has 0 saturated carbocycles. The zero-order valence-electron chi connectivity index (χ0n) is 13.6. The van der Waals surface area contributed by atoms with Gasteiger partial charge in [-0.3, -0.25) is 14.7 Å². The average molecular weight is 339 g/mol. The Hall–Kier alpha value is -3.42. The van der Waals surface area contributed by atoms with Crippen LogP contribution < -0.4 is 15.6 Å². The minimum atomic E-state index is -0.415. The molecule has 0 unspecified atom stereocenters. The number of amides is 1. The second-order valence-electron chi connectivity index (χ2n) is 5.30. The van der Waals surface area contributed by atoms with E-state index in [9.17, 15) is 9.59 Å². The Morgan fingerprint density at radius 1 is 1.24 bits per heavy atom. The van der Waals surface area contributed by atoms with E-state index in [4.69, 9.17) is 4.74 Å². The number of nitrogens with zero attached hydrogens (tertiary/aromatic N) is 3. The molecule has 0 radical (unpaired) electrons. The Bertz CT molecular complexity index is 917. The first kappa shape index (κ1) is 16.4. The van der Waals surface area contributed by atoms with Crippen molar-refractivity contribution < 1.29 is 9.53 Å². The van der Waals surface area contributed by atoms with Crippen molar-refractivity contribution in [2.45, 2.75) is 13.5 Å². The topological polar surface area (TPSA) is 102 Å². The van der Waals surface area contributed by atoms with E-state index in [0.717, 1.165) is 5.69 Å². The van der Waals surface area contributed by atoms with Crippen molar-refractivity contribution in [3.8, 4) is 5.75 Å². The van der Waals surface area contributed by atoms with Gasteiger partial charge in [-0.05, 0) is 25.1 Å². The number of carbonyl (C=O) groups is 1. The van der Waals surface area contributed by atoms with Crippen molar-refractivity contribution >= 4 is 11.6 Å². The van der Waals surface area contributed by atoms with Gasteiger partial charge in [-0.25, -0.2) is 4.68 Å². The molecule has 0 spiro atoms. The fourth-order valence-corrected chi connectivity index (χ4v) is 2.16. The SMILES string of the molecule is Cc1[nH]ncc1NC(=O)c1ccc(=O)n(CCOc2ccccc2)n1.